The molecule has 0 fully saturated rings. The fraction of sp³-hybridized carbons (Fsp3) is 0.571. The van der Waals surface area contributed by atoms with Crippen molar-refractivity contribution in [3.05, 3.63) is 12.7 Å². The molecule has 5 heteroatoms. The molecule has 0 aromatic carbocycles. The summed E-state index contributed by atoms with van der Waals surface area (Å²) in [6, 6.07) is 0. The zero-order chi connectivity index (χ0) is 9.40. The Morgan fingerprint density at radius 2 is 2.25 bits per heavy atom. The van der Waals surface area contributed by atoms with E-state index in [1.165, 1.54) is 6.08 Å². The van der Waals surface area contributed by atoms with Gasteiger partial charge < -0.3 is 4.74 Å². The van der Waals surface area contributed by atoms with Crippen molar-refractivity contribution >= 4 is 6.16 Å². The minimum absolute atomic E-state index is 0.0733. The Balaban J connectivity index is 3.25. The molecule has 0 N–H and O–H groups in total. The molecular formula is C7H12O5. The van der Waals surface area contributed by atoms with Crippen LogP contribution in [0.15, 0.2) is 12.7 Å². The maximum atomic E-state index is 10.5. The van der Waals surface area contributed by atoms with Gasteiger partial charge in [-0.25, -0.2) is 9.68 Å². The van der Waals surface area contributed by atoms with Crippen molar-refractivity contribution in [2.45, 2.75) is 20.0 Å². The third kappa shape index (κ3) is 7.04. The van der Waals surface area contributed by atoms with Gasteiger partial charge in [-0.3, -0.25) is 0 Å². The molecule has 0 aromatic rings. The van der Waals surface area contributed by atoms with Crippen LogP contribution >= 0.6 is 0 Å². The monoisotopic (exact) mass is 176 g/mol. The number of carbonyl (C=O) groups excluding carboxylic acids is 1. The first-order valence-corrected chi connectivity index (χ1v) is 3.44. The zero-order valence-corrected chi connectivity index (χ0v) is 7.11. The molecule has 70 valence electrons. The van der Waals surface area contributed by atoms with E-state index in [4.69, 9.17) is 0 Å². The highest BCUT2D eigenvalue weighted by molar-refractivity contribution is 5.58. The molecule has 0 atom stereocenters. The molecule has 0 heterocycles. The third-order valence-corrected chi connectivity index (χ3v) is 0.653. The lowest BCUT2D eigenvalue weighted by Crippen LogP contribution is -2.11. The first kappa shape index (κ1) is 10.9. The molecule has 0 rings (SSSR count). The van der Waals surface area contributed by atoms with Gasteiger partial charge in [0.25, 0.3) is 0 Å². The van der Waals surface area contributed by atoms with Crippen LogP contribution in [0.3, 0.4) is 0 Å². The maximum absolute atomic E-state index is 10.5. The van der Waals surface area contributed by atoms with Crippen LogP contribution in [0.25, 0.3) is 0 Å². The van der Waals surface area contributed by atoms with Gasteiger partial charge in [0.2, 0.25) is 0 Å². The smallest absolute Gasteiger partial charge is 0.428 e. The van der Waals surface area contributed by atoms with Gasteiger partial charge in [-0.05, 0) is 18.9 Å². The normalized spacial score (nSPS) is 9.58. The Hall–Kier alpha value is -1.07. The van der Waals surface area contributed by atoms with E-state index in [-0.39, 0.29) is 12.7 Å². The van der Waals surface area contributed by atoms with Crippen molar-refractivity contribution in [1.82, 2.24) is 0 Å². The van der Waals surface area contributed by atoms with Crippen LogP contribution in [0, 0.1) is 0 Å². The van der Waals surface area contributed by atoms with E-state index in [9.17, 15) is 4.79 Å². The predicted molar refractivity (Wildman–Crippen MR) is 39.9 cm³/mol. The molecular weight excluding hydrogens is 164 g/mol. The lowest BCUT2D eigenvalue weighted by atomic mass is 10.5. The van der Waals surface area contributed by atoms with Crippen molar-refractivity contribution in [1.29, 1.82) is 0 Å². The van der Waals surface area contributed by atoms with Crippen molar-refractivity contribution in [2.75, 3.05) is 6.61 Å². The third-order valence-electron chi connectivity index (χ3n) is 0.653. The summed E-state index contributed by atoms with van der Waals surface area (Å²) in [5.41, 5.74) is 0. The van der Waals surface area contributed by atoms with Gasteiger partial charge in [0.15, 0.2) is 0 Å². The Morgan fingerprint density at radius 1 is 1.58 bits per heavy atom. The Morgan fingerprint density at radius 3 is 2.75 bits per heavy atom. The summed E-state index contributed by atoms with van der Waals surface area (Å²) in [5.74, 6) is 0. The van der Waals surface area contributed by atoms with Crippen LogP contribution in [-0.2, 0) is 19.6 Å². The van der Waals surface area contributed by atoms with Crippen molar-refractivity contribution in [3.63, 3.8) is 0 Å². The molecule has 0 amide bonds. The van der Waals surface area contributed by atoms with E-state index in [0.717, 1.165) is 0 Å². The van der Waals surface area contributed by atoms with Crippen molar-refractivity contribution < 1.29 is 24.3 Å². The summed E-state index contributed by atoms with van der Waals surface area (Å²) in [6.45, 7) is 6.85. The summed E-state index contributed by atoms with van der Waals surface area (Å²) in [6.07, 6.45) is 0.262. The molecule has 0 aliphatic carbocycles. The Bertz CT molecular complexity index is 143. The SMILES string of the molecule is C=CCOC(=O)OOOC(C)C. The second-order valence-electron chi connectivity index (χ2n) is 2.15. The van der Waals surface area contributed by atoms with E-state index in [2.05, 4.69) is 26.1 Å². The fourth-order valence-electron chi connectivity index (χ4n) is 0.277. The van der Waals surface area contributed by atoms with Crippen LogP contribution in [0.1, 0.15) is 13.8 Å². The van der Waals surface area contributed by atoms with Crippen LogP contribution in [0.2, 0.25) is 0 Å². The Labute approximate surface area is 70.7 Å². The van der Waals surface area contributed by atoms with E-state index >= 15 is 0 Å². The summed E-state index contributed by atoms with van der Waals surface area (Å²) in [4.78, 5) is 19.0. The zero-order valence-electron chi connectivity index (χ0n) is 7.11. The average Bonchev–Trinajstić information content (AvgIpc) is 2.00. The van der Waals surface area contributed by atoms with Crippen LogP contribution in [-0.4, -0.2) is 18.9 Å². The summed E-state index contributed by atoms with van der Waals surface area (Å²) >= 11 is 0. The fourth-order valence-corrected chi connectivity index (χ4v) is 0.277. The van der Waals surface area contributed by atoms with Crippen LogP contribution < -0.4 is 0 Å². The number of rotatable bonds is 5. The standard InChI is InChI=1S/C7H12O5/c1-4-5-9-7(8)11-12-10-6(2)3/h4,6H,1,5H2,2-3H3. The second-order valence-corrected chi connectivity index (χ2v) is 2.15. The first-order valence-electron chi connectivity index (χ1n) is 3.44. The van der Waals surface area contributed by atoms with E-state index in [1.54, 1.807) is 13.8 Å². The van der Waals surface area contributed by atoms with Crippen molar-refractivity contribution in [3.8, 4) is 0 Å². The van der Waals surface area contributed by atoms with Gasteiger partial charge in [0.05, 0.1) is 6.10 Å². The maximum Gasteiger partial charge on any atom is 0.542 e. The molecule has 12 heavy (non-hydrogen) atoms. The second kappa shape index (κ2) is 6.63. The van der Waals surface area contributed by atoms with E-state index < -0.39 is 6.16 Å². The topological polar surface area (TPSA) is 54.0 Å². The number of hydrogen-bond acceptors (Lipinski definition) is 5. The van der Waals surface area contributed by atoms with Gasteiger partial charge >= 0.3 is 6.16 Å². The molecule has 0 bridgehead atoms. The molecule has 0 aliphatic heterocycles. The molecule has 0 saturated carbocycles. The van der Waals surface area contributed by atoms with Gasteiger partial charge in [0, 0.05) is 0 Å². The quantitative estimate of drug-likeness (QED) is 0.275. The van der Waals surface area contributed by atoms with Crippen LogP contribution in [0.5, 0.6) is 0 Å². The minimum atomic E-state index is -0.962. The largest absolute Gasteiger partial charge is 0.542 e. The van der Waals surface area contributed by atoms with Crippen LogP contribution in [0.4, 0.5) is 4.79 Å². The predicted octanol–water partition coefficient (Wildman–Crippen LogP) is 1.60. The molecule has 0 saturated heterocycles. The molecule has 0 aliphatic rings. The lowest BCUT2D eigenvalue weighted by Gasteiger charge is -2.03. The molecule has 0 radical (unpaired) electrons. The molecule has 0 aromatic heterocycles. The average molecular weight is 176 g/mol. The number of carbonyl (C=O) groups is 1. The molecule has 0 spiro atoms. The molecule has 5 nitrogen and oxygen atoms in total. The Kier molecular flexibility index (Phi) is 6.04. The van der Waals surface area contributed by atoms with Gasteiger partial charge in [-0.15, -0.1) is 0 Å². The number of ether oxygens (including phenoxy) is 1. The number of hydrogen-bond donors (Lipinski definition) is 0. The van der Waals surface area contributed by atoms with Gasteiger partial charge in [-0.1, -0.05) is 12.7 Å². The summed E-state index contributed by atoms with van der Waals surface area (Å²) < 4.78 is 4.39. The van der Waals surface area contributed by atoms with Gasteiger partial charge in [0.1, 0.15) is 6.61 Å². The van der Waals surface area contributed by atoms with Crippen molar-refractivity contribution in [2.24, 2.45) is 0 Å². The highest BCUT2D eigenvalue weighted by Crippen LogP contribution is 1.92. The summed E-state index contributed by atoms with van der Waals surface area (Å²) in [5, 5.41) is 4.05. The highest BCUT2D eigenvalue weighted by Gasteiger charge is 2.04. The molecule has 0 unspecified atom stereocenters. The van der Waals surface area contributed by atoms with E-state index in [1.807, 2.05) is 0 Å². The minimum Gasteiger partial charge on any atom is -0.428 e. The highest BCUT2D eigenvalue weighted by atomic mass is 17.5. The lowest BCUT2D eigenvalue weighted by molar-refractivity contribution is -0.497. The van der Waals surface area contributed by atoms with Gasteiger partial charge in [-0.2, -0.15) is 4.89 Å². The summed E-state index contributed by atoms with van der Waals surface area (Å²) in [7, 11) is 0. The van der Waals surface area contributed by atoms with E-state index in [0.29, 0.717) is 0 Å². The first-order chi connectivity index (χ1) is 5.66.